The zero-order chi connectivity index (χ0) is 31.4. The smallest absolute Gasteiger partial charge is 0.329 e. The molecule has 1 saturated carbocycles. The fraction of sp³-hybridized carbons (Fsp3) is 0.645. The Hall–Kier alpha value is -3.22. The number of benzene rings is 1. The first-order valence-corrected chi connectivity index (χ1v) is 15.5. The van der Waals surface area contributed by atoms with Crippen molar-refractivity contribution in [2.45, 2.75) is 90.1 Å². The second-order valence-electron chi connectivity index (χ2n) is 11.9. The summed E-state index contributed by atoms with van der Waals surface area (Å²) in [6, 6.07) is 7.56. The van der Waals surface area contributed by atoms with Gasteiger partial charge in [-0.1, -0.05) is 51.1 Å². The Morgan fingerprint density at radius 1 is 1.07 bits per heavy atom. The molecular formula is C31H50N7O5. The third kappa shape index (κ3) is 10.5. The van der Waals surface area contributed by atoms with Crippen LogP contribution in [0.1, 0.15) is 64.9 Å². The first-order chi connectivity index (χ1) is 20.6. The van der Waals surface area contributed by atoms with E-state index in [-0.39, 0.29) is 48.2 Å². The van der Waals surface area contributed by atoms with Crippen molar-refractivity contribution in [3.63, 3.8) is 0 Å². The minimum absolute atomic E-state index is 0.0570. The van der Waals surface area contributed by atoms with Crippen molar-refractivity contribution in [2.24, 2.45) is 23.5 Å². The number of nitrogens with two attached hydrogens (primary N) is 1. The number of amides is 5. The van der Waals surface area contributed by atoms with E-state index in [9.17, 15) is 19.2 Å². The quantitative estimate of drug-likeness (QED) is 0.176. The molecule has 1 radical (unpaired) electrons. The molecule has 12 heteroatoms. The van der Waals surface area contributed by atoms with Crippen LogP contribution in [0.15, 0.2) is 30.3 Å². The van der Waals surface area contributed by atoms with Crippen molar-refractivity contribution < 1.29 is 23.9 Å². The maximum atomic E-state index is 13.4. The molecule has 1 aliphatic heterocycles. The fourth-order valence-electron chi connectivity index (χ4n) is 5.54. The van der Waals surface area contributed by atoms with Gasteiger partial charge in [0.25, 0.3) is 0 Å². The molecule has 12 nitrogen and oxygen atoms in total. The van der Waals surface area contributed by atoms with E-state index in [1.807, 2.05) is 51.1 Å². The van der Waals surface area contributed by atoms with Crippen LogP contribution in [-0.2, 0) is 25.7 Å². The van der Waals surface area contributed by atoms with Crippen LogP contribution in [0.25, 0.3) is 0 Å². The third-order valence-electron chi connectivity index (χ3n) is 8.43. The molecule has 0 aromatic heterocycles. The summed E-state index contributed by atoms with van der Waals surface area (Å²) in [4.78, 5) is 52.3. The molecule has 43 heavy (non-hydrogen) atoms. The Balaban J connectivity index is 1.46. The van der Waals surface area contributed by atoms with Gasteiger partial charge in [0.15, 0.2) is 0 Å². The second-order valence-corrected chi connectivity index (χ2v) is 11.9. The molecule has 0 unspecified atom stereocenters. The lowest BCUT2D eigenvalue weighted by Gasteiger charge is -2.29. The number of carbonyl (C=O) groups excluding carboxylic acids is 4. The van der Waals surface area contributed by atoms with Gasteiger partial charge in [-0.05, 0) is 49.5 Å². The number of nitrogens with one attached hydrogen (secondary N) is 5. The molecule has 4 atom stereocenters. The number of likely N-dealkylation sites (tertiary alicyclic amines) is 1. The maximum Gasteiger partial charge on any atom is 0.329 e. The van der Waals surface area contributed by atoms with E-state index in [0.717, 1.165) is 31.2 Å². The van der Waals surface area contributed by atoms with Gasteiger partial charge in [-0.25, -0.2) is 10.2 Å². The molecule has 0 spiro atoms. The highest BCUT2D eigenvalue weighted by molar-refractivity contribution is 5.90. The molecule has 1 aliphatic carbocycles. The Morgan fingerprint density at radius 3 is 2.40 bits per heavy atom. The molecule has 1 saturated heterocycles. The van der Waals surface area contributed by atoms with Crippen molar-refractivity contribution in [1.29, 1.82) is 0 Å². The van der Waals surface area contributed by atoms with E-state index in [0.29, 0.717) is 31.9 Å². The van der Waals surface area contributed by atoms with Crippen molar-refractivity contribution in [2.75, 3.05) is 20.1 Å². The van der Waals surface area contributed by atoms with E-state index >= 15 is 0 Å². The van der Waals surface area contributed by atoms with Gasteiger partial charge in [-0.2, -0.15) is 0 Å². The van der Waals surface area contributed by atoms with E-state index in [1.165, 1.54) is 0 Å². The first-order valence-electron chi connectivity index (χ1n) is 15.5. The summed E-state index contributed by atoms with van der Waals surface area (Å²) in [7, 11) is 1.66. The van der Waals surface area contributed by atoms with Crippen molar-refractivity contribution >= 4 is 23.8 Å². The Bertz CT molecular complexity index is 1050. The lowest BCUT2D eigenvalue weighted by Crippen LogP contribution is -2.55. The molecule has 2 aliphatic rings. The van der Waals surface area contributed by atoms with Gasteiger partial charge in [-0.3, -0.25) is 19.8 Å². The van der Waals surface area contributed by atoms with Crippen LogP contribution in [0.4, 0.5) is 4.79 Å². The molecule has 3 rings (SSSR count). The molecule has 1 aromatic rings. The highest BCUT2D eigenvalue weighted by Crippen LogP contribution is 2.28. The molecule has 239 valence electrons. The molecule has 2 fully saturated rings. The number of rotatable bonds is 14. The van der Waals surface area contributed by atoms with Crippen molar-refractivity contribution in [3.05, 3.63) is 42.4 Å². The molecule has 7 N–H and O–H groups in total. The molecule has 0 bridgehead atoms. The third-order valence-corrected chi connectivity index (χ3v) is 8.43. The van der Waals surface area contributed by atoms with Crippen molar-refractivity contribution in [1.82, 2.24) is 31.7 Å². The number of hydrogen-bond donors (Lipinski definition) is 6. The summed E-state index contributed by atoms with van der Waals surface area (Å²) in [5.41, 5.74) is 12.6. The number of urea groups is 1. The second kappa shape index (κ2) is 17.2. The standard InChI is InChI=1S/C31H50N7O5/c1-5-24(17-35-37-31(42)34-16-21-11-13-23(14-12-21)28(39)33-4)36-29(40)26-15-25(43-19-22-9-7-6-8-10-22)18-38(26)30(41)27(32)20(2)3/h6-10,17,20-21,23-27,35H,5,11-16,18-19,32H2,1-4H3,(H,33,39)(H,36,40)(H2,34,37,42)/t21?,23?,24-,25+,26-,27-/m0/s1. The van der Waals surface area contributed by atoms with Gasteiger partial charge in [0.05, 0.1) is 25.3 Å². The van der Waals surface area contributed by atoms with Crippen LogP contribution in [0.5, 0.6) is 0 Å². The average molecular weight is 601 g/mol. The van der Waals surface area contributed by atoms with Crippen LogP contribution in [0, 0.1) is 24.3 Å². The normalized spacial score (nSPS) is 23.3. The monoisotopic (exact) mass is 600 g/mol. The number of ether oxygens (including phenoxy) is 1. The summed E-state index contributed by atoms with van der Waals surface area (Å²) in [6.07, 6.45) is 4.06. The van der Waals surface area contributed by atoms with Crippen molar-refractivity contribution in [3.8, 4) is 0 Å². The minimum atomic E-state index is -0.716. The van der Waals surface area contributed by atoms with Gasteiger partial charge in [-0.15, -0.1) is 0 Å². The predicted molar refractivity (Wildman–Crippen MR) is 164 cm³/mol. The summed E-state index contributed by atoms with van der Waals surface area (Å²) in [5.74, 6) is -0.157. The predicted octanol–water partition coefficient (Wildman–Crippen LogP) is 1.57. The molecule has 1 heterocycles. The largest absolute Gasteiger partial charge is 0.372 e. The summed E-state index contributed by atoms with van der Waals surface area (Å²) < 4.78 is 6.09. The highest BCUT2D eigenvalue weighted by Gasteiger charge is 2.42. The number of hydrazine groups is 1. The fourth-order valence-corrected chi connectivity index (χ4v) is 5.54. The average Bonchev–Trinajstić information content (AvgIpc) is 3.46. The zero-order valence-corrected chi connectivity index (χ0v) is 25.9. The lowest BCUT2D eigenvalue weighted by atomic mass is 9.81. The van der Waals surface area contributed by atoms with Crippen LogP contribution in [0.2, 0.25) is 0 Å². The van der Waals surface area contributed by atoms with Gasteiger partial charge in [0.1, 0.15) is 6.04 Å². The molecular weight excluding hydrogens is 550 g/mol. The summed E-state index contributed by atoms with van der Waals surface area (Å²) in [6.45, 7) is 8.49. The minimum Gasteiger partial charge on any atom is -0.372 e. The topological polar surface area (TPSA) is 167 Å². The highest BCUT2D eigenvalue weighted by atomic mass is 16.5. The summed E-state index contributed by atoms with van der Waals surface area (Å²) in [5, 5.41) is 8.55. The number of carbonyl (C=O) groups is 4. The van der Waals surface area contributed by atoms with Crippen LogP contribution >= 0.6 is 0 Å². The van der Waals surface area contributed by atoms with E-state index in [2.05, 4.69) is 26.8 Å². The number of hydrogen-bond acceptors (Lipinski definition) is 7. The lowest BCUT2D eigenvalue weighted by molar-refractivity contribution is -0.140. The van der Waals surface area contributed by atoms with Crippen LogP contribution in [-0.4, -0.2) is 73.0 Å². The van der Waals surface area contributed by atoms with Gasteiger partial charge >= 0.3 is 6.03 Å². The Kier molecular flexibility index (Phi) is 13.7. The van der Waals surface area contributed by atoms with Gasteiger partial charge < -0.3 is 31.3 Å². The molecule has 5 amide bonds. The van der Waals surface area contributed by atoms with Gasteiger partial charge in [0.2, 0.25) is 17.7 Å². The maximum absolute atomic E-state index is 13.4. The van der Waals surface area contributed by atoms with Crippen LogP contribution in [0.3, 0.4) is 0 Å². The van der Waals surface area contributed by atoms with Crippen LogP contribution < -0.4 is 32.5 Å². The first kappa shape index (κ1) is 34.3. The number of nitrogens with zero attached hydrogens (tertiary/aromatic N) is 1. The zero-order valence-electron chi connectivity index (χ0n) is 25.9. The molecule has 1 aromatic carbocycles. The van der Waals surface area contributed by atoms with Gasteiger partial charge in [0, 0.05) is 38.5 Å². The summed E-state index contributed by atoms with van der Waals surface area (Å²) >= 11 is 0. The van der Waals surface area contributed by atoms with E-state index in [4.69, 9.17) is 10.5 Å². The van der Waals surface area contributed by atoms with E-state index in [1.54, 1.807) is 18.5 Å². The Labute approximate surface area is 255 Å². The SMILES string of the molecule is CC[C@@H]([CH]NNC(=O)NCC1CCC(C(=O)NC)CC1)NC(=O)[C@@H]1C[C@@H](OCc2ccccc2)CN1C(=O)[C@@H](N)C(C)C. The Morgan fingerprint density at radius 2 is 1.77 bits per heavy atom. The van der Waals surface area contributed by atoms with E-state index < -0.39 is 18.1 Å².